The number of hydrogen-bond acceptors (Lipinski definition) is 7. The van der Waals surface area contributed by atoms with E-state index in [2.05, 4.69) is 10.6 Å². The molecule has 0 fully saturated rings. The number of nitrogens with zero attached hydrogens (tertiary/aromatic N) is 2. The van der Waals surface area contributed by atoms with E-state index in [4.69, 9.17) is 9.47 Å². The van der Waals surface area contributed by atoms with E-state index in [1.165, 1.54) is 22.3 Å². The molecule has 1 aliphatic rings. The van der Waals surface area contributed by atoms with Gasteiger partial charge in [0.15, 0.2) is 0 Å². The molecule has 1 heterocycles. The van der Waals surface area contributed by atoms with Crippen LogP contribution in [-0.4, -0.2) is 86.3 Å². The van der Waals surface area contributed by atoms with Crippen LogP contribution in [0.2, 0.25) is 0 Å². The van der Waals surface area contributed by atoms with Crippen LogP contribution in [0.5, 0.6) is 5.75 Å². The zero-order valence-electron chi connectivity index (χ0n) is 29.9. The van der Waals surface area contributed by atoms with Gasteiger partial charge in [-0.1, -0.05) is 24.6 Å². The number of ether oxygens (including phenoxy) is 2. The van der Waals surface area contributed by atoms with Gasteiger partial charge in [-0.15, -0.1) is 0 Å². The molecule has 0 saturated heterocycles. The first-order chi connectivity index (χ1) is 24.5. The van der Waals surface area contributed by atoms with Crippen LogP contribution in [0.3, 0.4) is 0 Å². The van der Waals surface area contributed by atoms with Crippen molar-refractivity contribution in [3.05, 3.63) is 83.4 Å². The molecule has 0 radical (unpaired) electrons. The standard InChI is InChI=1S/C37H47F3N4O7S/c1-24-9-16-31(17-10-24)52(48,49)43(5)22-34-25(2)21-44(26(3)23-45)35(46)32-20-30(15-18-33(32)51-27(4)8-6-7-19-50-34)42-36(47)41-29-13-11-28(12-14-29)37(38,39)40/h9-18,20,25-27,34,45H,6-8,19,21-23H2,1-5H3,(H2,41,42,47)/t25-,26-,27-,34+/m1/s1. The SMILES string of the molecule is Cc1ccc(S(=O)(=O)N(C)C[C@@H]2OCCCC[C@@H](C)Oc3ccc(NC(=O)Nc4ccc(C(F)(F)F)cc4)cc3C(=O)N([C@H](C)CO)C[C@H]2C)cc1. The Morgan fingerprint density at radius 1 is 1.02 bits per heavy atom. The Kier molecular flexibility index (Phi) is 13.7. The predicted octanol–water partition coefficient (Wildman–Crippen LogP) is 6.77. The zero-order valence-corrected chi connectivity index (χ0v) is 30.8. The molecule has 0 aliphatic carbocycles. The van der Waals surface area contributed by atoms with Gasteiger partial charge in [-0.25, -0.2) is 13.2 Å². The molecule has 52 heavy (non-hydrogen) atoms. The zero-order chi connectivity index (χ0) is 38.2. The lowest BCUT2D eigenvalue weighted by Crippen LogP contribution is -2.48. The monoisotopic (exact) mass is 748 g/mol. The average molecular weight is 749 g/mol. The minimum absolute atomic E-state index is 0.0190. The number of likely N-dealkylation sites (N-methyl/N-ethyl adjacent to an activating group) is 1. The Morgan fingerprint density at radius 3 is 2.29 bits per heavy atom. The molecule has 0 bridgehead atoms. The van der Waals surface area contributed by atoms with Gasteiger partial charge in [0.05, 0.1) is 40.9 Å². The first-order valence-corrected chi connectivity index (χ1v) is 18.6. The van der Waals surface area contributed by atoms with Crippen LogP contribution in [0.15, 0.2) is 71.6 Å². The summed E-state index contributed by atoms with van der Waals surface area (Å²) in [7, 11) is -2.35. The molecule has 3 aromatic rings. The van der Waals surface area contributed by atoms with E-state index in [0.717, 1.165) is 36.2 Å². The third-order valence-corrected chi connectivity index (χ3v) is 10.8. The van der Waals surface area contributed by atoms with Gasteiger partial charge < -0.3 is 30.1 Å². The van der Waals surface area contributed by atoms with Gasteiger partial charge in [0.2, 0.25) is 10.0 Å². The van der Waals surface area contributed by atoms with Crippen molar-refractivity contribution in [3.8, 4) is 5.75 Å². The Hall–Kier alpha value is -4.18. The van der Waals surface area contributed by atoms with E-state index in [1.807, 2.05) is 20.8 Å². The number of nitrogens with one attached hydrogen (secondary N) is 2. The molecule has 3 amide bonds. The highest BCUT2D eigenvalue weighted by molar-refractivity contribution is 7.89. The number of anilines is 2. The number of urea groups is 1. The fraction of sp³-hybridized carbons (Fsp3) is 0.459. The molecular weight excluding hydrogens is 701 g/mol. The third-order valence-electron chi connectivity index (χ3n) is 8.95. The number of amides is 3. The number of alkyl halides is 3. The number of carbonyl (C=O) groups is 2. The van der Waals surface area contributed by atoms with Gasteiger partial charge in [-0.2, -0.15) is 17.5 Å². The van der Waals surface area contributed by atoms with E-state index >= 15 is 0 Å². The summed E-state index contributed by atoms with van der Waals surface area (Å²) in [5.41, 5.74) is 0.523. The highest BCUT2D eigenvalue weighted by atomic mass is 32.2. The van der Waals surface area contributed by atoms with Crippen LogP contribution in [0.4, 0.5) is 29.3 Å². The van der Waals surface area contributed by atoms with Crippen molar-refractivity contribution >= 4 is 33.3 Å². The highest BCUT2D eigenvalue weighted by Gasteiger charge is 2.33. The Morgan fingerprint density at radius 2 is 1.65 bits per heavy atom. The molecule has 4 atom stereocenters. The molecule has 1 aliphatic heterocycles. The molecule has 284 valence electrons. The number of hydrogen-bond donors (Lipinski definition) is 3. The topological polar surface area (TPSA) is 138 Å². The summed E-state index contributed by atoms with van der Waals surface area (Å²) in [6.45, 7) is 7.38. The number of aryl methyl sites for hydroxylation is 1. The number of rotatable bonds is 8. The molecule has 0 spiro atoms. The second kappa shape index (κ2) is 17.6. The quantitative estimate of drug-likeness (QED) is 0.231. The van der Waals surface area contributed by atoms with Crippen LogP contribution in [-0.2, 0) is 20.9 Å². The lowest BCUT2D eigenvalue weighted by molar-refractivity contribution is -0.137. The average Bonchev–Trinajstić information content (AvgIpc) is 3.09. The number of aliphatic hydroxyl groups is 1. The lowest BCUT2D eigenvalue weighted by Gasteiger charge is -2.35. The van der Waals surface area contributed by atoms with Gasteiger partial charge in [0.1, 0.15) is 5.75 Å². The summed E-state index contributed by atoms with van der Waals surface area (Å²) < 4.78 is 79.6. The Balaban J connectivity index is 1.60. The van der Waals surface area contributed by atoms with E-state index in [1.54, 1.807) is 43.3 Å². The molecule has 15 heteroatoms. The van der Waals surface area contributed by atoms with Crippen molar-refractivity contribution in [2.75, 3.05) is 44.0 Å². The van der Waals surface area contributed by atoms with Crippen LogP contribution in [0.1, 0.15) is 61.5 Å². The molecule has 0 aromatic heterocycles. The number of fused-ring (bicyclic) bond motifs is 1. The normalized spacial score (nSPS) is 20.0. The molecule has 0 saturated carbocycles. The minimum atomic E-state index is -4.52. The van der Waals surface area contributed by atoms with Crippen LogP contribution >= 0.6 is 0 Å². The maximum Gasteiger partial charge on any atom is 0.416 e. The smallest absolute Gasteiger partial charge is 0.416 e. The fourth-order valence-corrected chi connectivity index (χ4v) is 6.92. The number of aliphatic hydroxyl groups excluding tert-OH is 1. The predicted molar refractivity (Wildman–Crippen MR) is 192 cm³/mol. The van der Waals surface area contributed by atoms with Crippen molar-refractivity contribution < 1.29 is 45.8 Å². The summed E-state index contributed by atoms with van der Waals surface area (Å²) in [6, 6.07) is 13.7. The van der Waals surface area contributed by atoms with E-state index in [-0.39, 0.29) is 53.4 Å². The number of halogens is 3. The number of benzene rings is 3. The van der Waals surface area contributed by atoms with Gasteiger partial charge >= 0.3 is 12.2 Å². The van der Waals surface area contributed by atoms with Crippen molar-refractivity contribution in [1.29, 1.82) is 0 Å². The van der Waals surface area contributed by atoms with Crippen molar-refractivity contribution in [3.63, 3.8) is 0 Å². The van der Waals surface area contributed by atoms with E-state index in [9.17, 15) is 36.3 Å². The summed E-state index contributed by atoms with van der Waals surface area (Å²) in [4.78, 5) is 28.8. The van der Waals surface area contributed by atoms with Crippen molar-refractivity contribution in [2.45, 2.75) is 76.3 Å². The minimum Gasteiger partial charge on any atom is -0.490 e. The van der Waals surface area contributed by atoms with Crippen LogP contribution in [0, 0.1) is 12.8 Å². The van der Waals surface area contributed by atoms with Crippen molar-refractivity contribution in [2.24, 2.45) is 5.92 Å². The number of carbonyl (C=O) groups excluding carboxylic acids is 2. The molecule has 0 unspecified atom stereocenters. The largest absolute Gasteiger partial charge is 0.490 e. The second-order valence-electron chi connectivity index (χ2n) is 13.3. The van der Waals surface area contributed by atoms with Gasteiger partial charge in [-0.3, -0.25) is 4.79 Å². The van der Waals surface area contributed by atoms with Crippen LogP contribution < -0.4 is 15.4 Å². The van der Waals surface area contributed by atoms with E-state index < -0.39 is 51.8 Å². The van der Waals surface area contributed by atoms with Gasteiger partial charge in [-0.05, 0) is 94.6 Å². The maximum atomic E-state index is 14.4. The lowest BCUT2D eigenvalue weighted by atomic mass is 10.0. The molecule has 3 aromatic carbocycles. The first kappa shape index (κ1) is 40.6. The fourth-order valence-electron chi connectivity index (χ4n) is 5.74. The summed E-state index contributed by atoms with van der Waals surface area (Å²) in [5.74, 6) is -0.628. The second-order valence-corrected chi connectivity index (χ2v) is 15.3. The Labute approximate surface area is 303 Å². The summed E-state index contributed by atoms with van der Waals surface area (Å²) in [6.07, 6.45) is -3.38. The first-order valence-electron chi connectivity index (χ1n) is 17.1. The summed E-state index contributed by atoms with van der Waals surface area (Å²) >= 11 is 0. The molecule has 3 N–H and O–H groups in total. The molecular formula is C37H47F3N4O7S. The number of sulfonamides is 1. The van der Waals surface area contributed by atoms with E-state index in [0.29, 0.717) is 19.4 Å². The maximum absolute atomic E-state index is 14.4. The highest BCUT2D eigenvalue weighted by Crippen LogP contribution is 2.31. The van der Waals surface area contributed by atoms with Crippen molar-refractivity contribution in [1.82, 2.24) is 9.21 Å². The van der Waals surface area contributed by atoms with Gasteiger partial charge in [0.25, 0.3) is 5.91 Å². The summed E-state index contributed by atoms with van der Waals surface area (Å²) in [5, 5.41) is 15.3. The van der Waals surface area contributed by atoms with Crippen LogP contribution in [0.25, 0.3) is 0 Å². The van der Waals surface area contributed by atoms with Gasteiger partial charge in [0, 0.05) is 44.0 Å². The Bertz CT molecular complexity index is 1770. The molecule has 4 rings (SSSR count). The molecule has 11 nitrogen and oxygen atoms in total. The third kappa shape index (κ3) is 10.7.